The number of aliphatic hydroxyl groups is 1. The summed E-state index contributed by atoms with van der Waals surface area (Å²) < 4.78 is 0. The van der Waals surface area contributed by atoms with Gasteiger partial charge in [0.15, 0.2) is 0 Å². The SMILES string of the molecule is O[C@H]1CCCN[C@H]1C(c1ccccc1)c1ccccc1. The van der Waals surface area contributed by atoms with Gasteiger partial charge in [-0.1, -0.05) is 60.7 Å². The highest BCUT2D eigenvalue weighted by Gasteiger charge is 2.32. The molecule has 0 radical (unpaired) electrons. The molecule has 3 rings (SSSR count). The van der Waals surface area contributed by atoms with Gasteiger partial charge in [-0.15, -0.1) is 0 Å². The van der Waals surface area contributed by atoms with Crippen molar-refractivity contribution in [2.24, 2.45) is 0 Å². The molecule has 2 aromatic carbocycles. The molecule has 0 aromatic heterocycles. The molecular weight excluding hydrogens is 246 g/mol. The number of piperidine rings is 1. The van der Waals surface area contributed by atoms with Gasteiger partial charge < -0.3 is 10.4 Å². The number of hydrogen-bond donors (Lipinski definition) is 2. The van der Waals surface area contributed by atoms with E-state index >= 15 is 0 Å². The maximum absolute atomic E-state index is 10.4. The molecule has 0 amide bonds. The van der Waals surface area contributed by atoms with Gasteiger partial charge in [0, 0.05) is 12.0 Å². The van der Waals surface area contributed by atoms with Crippen molar-refractivity contribution in [2.75, 3.05) is 6.54 Å². The molecule has 2 N–H and O–H groups in total. The summed E-state index contributed by atoms with van der Waals surface area (Å²) in [6.07, 6.45) is 1.65. The van der Waals surface area contributed by atoms with E-state index in [0.717, 1.165) is 19.4 Å². The fourth-order valence-corrected chi connectivity index (χ4v) is 3.16. The Kier molecular flexibility index (Phi) is 4.14. The lowest BCUT2D eigenvalue weighted by atomic mass is 9.80. The molecule has 2 nitrogen and oxygen atoms in total. The Labute approximate surface area is 120 Å². The van der Waals surface area contributed by atoms with Gasteiger partial charge in [-0.3, -0.25) is 0 Å². The van der Waals surface area contributed by atoms with Crippen LogP contribution >= 0.6 is 0 Å². The van der Waals surface area contributed by atoms with E-state index in [1.807, 2.05) is 12.1 Å². The lowest BCUT2D eigenvalue weighted by molar-refractivity contribution is 0.0890. The van der Waals surface area contributed by atoms with E-state index in [2.05, 4.69) is 53.8 Å². The molecule has 1 heterocycles. The Morgan fingerprint density at radius 3 is 1.95 bits per heavy atom. The van der Waals surface area contributed by atoms with Gasteiger partial charge in [0.05, 0.1) is 6.10 Å². The van der Waals surface area contributed by atoms with E-state index in [1.54, 1.807) is 0 Å². The van der Waals surface area contributed by atoms with Crippen LogP contribution in [0.5, 0.6) is 0 Å². The fraction of sp³-hybridized carbons (Fsp3) is 0.333. The second kappa shape index (κ2) is 6.21. The molecule has 2 aromatic rings. The molecule has 0 spiro atoms. The molecule has 2 atom stereocenters. The summed E-state index contributed by atoms with van der Waals surface area (Å²) in [5.41, 5.74) is 2.52. The van der Waals surface area contributed by atoms with Crippen molar-refractivity contribution in [2.45, 2.75) is 30.9 Å². The Morgan fingerprint density at radius 1 is 0.900 bits per heavy atom. The fourth-order valence-electron chi connectivity index (χ4n) is 3.16. The van der Waals surface area contributed by atoms with Gasteiger partial charge in [0.1, 0.15) is 0 Å². The molecule has 1 fully saturated rings. The lowest BCUT2D eigenvalue weighted by Crippen LogP contribution is -2.48. The Balaban J connectivity index is 1.99. The monoisotopic (exact) mass is 267 g/mol. The van der Waals surface area contributed by atoms with E-state index in [9.17, 15) is 5.11 Å². The van der Waals surface area contributed by atoms with Gasteiger partial charge in [0.2, 0.25) is 0 Å². The number of rotatable bonds is 3. The first-order valence-electron chi connectivity index (χ1n) is 7.37. The van der Waals surface area contributed by atoms with Gasteiger partial charge in [-0.25, -0.2) is 0 Å². The minimum Gasteiger partial charge on any atom is -0.391 e. The molecule has 0 aliphatic carbocycles. The van der Waals surface area contributed by atoms with Crippen molar-refractivity contribution in [3.8, 4) is 0 Å². The maximum atomic E-state index is 10.4. The third-order valence-electron chi connectivity index (χ3n) is 4.15. The summed E-state index contributed by atoms with van der Waals surface area (Å²) in [6.45, 7) is 0.984. The summed E-state index contributed by atoms with van der Waals surface area (Å²) in [5, 5.41) is 13.9. The quantitative estimate of drug-likeness (QED) is 0.896. The molecular formula is C18H21NO. The first-order chi connectivity index (χ1) is 9.86. The normalized spacial score (nSPS) is 22.9. The average molecular weight is 267 g/mol. The van der Waals surface area contributed by atoms with Gasteiger partial charge in [0.25, 0.3) is 0 Å². The van der Waals surface area contributed by atoms with Gasteiger partial charge in [-0.05, 0) is 30.5 Å². The van der Waals surface area contributed by atoms with Crippen LogP contribution in [0.2, 0.25) is 0 Å². The van der Waals surface area contributed by atoms with Crippen LogP contribution in [0.1, 0.15) is 29.9 Å². The first kappa shape index (κ1) is 13.3. The minimum atomic E-state index is -0.283. The zero-order valence-electron chi connectivity index (χ0n) is 11.6. The summed E-state index contributed by atoms with van der Waals surface area (Å²) in [5.74, 6) is 0.202. The number of hydrogen-bond acceptors (Lipinski definition) is 2. The van der Waals surface area contributed by atoms with Crippen LogP contribution in [-0.2, 0) is 0 Å². The average Bonchev–Trinajstić information content (AvgIpc) is 2.52. The zero-order valence-corrected chi connectivity index (χ0v) is 11.6. The number of benzene rings is 2. The van der Waals surface area contributed by atoms with Crippen LogP contribution in [0.4, 0.5) is 0 Å². The van der Waals surface area contributed by atoms with Gasteiger partial charge >= 0.3 is 0 Å². The third-order valence-corrected chi connectivity index (χ3v) is 4.15. The van der Waals surface area contributed by atoms with Crippen molar-refractivity contribution < 1.29 is 5.11 Å². The van der Waals surface area contributed by atoms with Crippen LogP contribution in [0, 0.1) is 0 Å². The van der Waals surface area contributed by atoms with Crippen LogP contribution in [0.25, 0.3) is 0 Å². The van der Waals surface area contributed by atoms with Crippen molar-refractivity contribution in [3.63, 3.8) is 0 Å². The molecule has 0 saturated carbocycles. The van der Waals surface area contributed by atoms with E-state index < -0.39 is 0 Å². The molecule has 1 saturated heterocycles. The second-order valence-electron chi connectivity index (χ2n) is 5.49. The predicted molar refractivity (Wildman–Crippen MR) is 81.8 cm³/mol. The zero-order chi connectivity index (χ0) is 13.8. The van der Waals surface area contributed by atoms with Crippen LogP contribution in [0.3, 0.4) is 0 Å². The number of aliphatic hydroxyl groups excluding tert-OH is 1. The topological polar surface area (TPSA) is 32.3 Å². The second-order valence-corrected chi connectivity index (χ2v) is 5.49. The first-order valence-corrected chi connectivity index (χ1v) is 7.37. The Bertz CT molecular complexity index is 486. The van der Waals surface area contributed by atoms with Gasteiger partial charge in [-0.2, -0.15) is 0 Å². The summed E-state index contributed by atoms with van der Waals surface area (Å²) >= 11 is 0. The van der Waals surface area contributed by atoms with E-state index in [1.165, 1.54) is 11.1 Å². The highest BCUT2D eigenvalue weighted by molar-refractivity contribution is 5.35. The lowest BCUT2D eigenvalue weighted by Gasteiger charge is -2.36. The Morgan fingerprint density at radius 2 is 1.45 bits per heavy atom. The van der Waals surface area contributed by atoms with E-state index in [4.69, 9.17) is 0 Å². The minimum absolute atomic E-state index is 0.0912. The van der Waals surface area contributed by atoms with Crippen LogP contribution < -0.4 is 5.32 Å². The predicted octanol–water partition coefficient (Wildman–Crippen LogP) is 2.93. The highest BCUT2D eigenvalue weighted by Crippen LogP contribution is 2.31. The van der Waals surface area contributed by atoms with Crippen LogP contribution in [-0.4, -0.2) is 23.8 Å². The highest BCUT2D eigenvalue weighted by atomic mass is 16.3. The van der Waals surface area contributed by atoms with Crippen molar-refractivity contribution in [1.29, 1.82) is 0 Å². The molecule has 2 heteroatoms. The summed E-state index contributed by atoms with van der Waals surface area (Å²) in [6, 6.07) is 21.1. The Hall–Kier alpha value is -1.64. The number of nitrogens with one attached hydrogen (secondary N) is 1. The smallest absolute Gasteiger partial charge is 0.0703 e. The summed E-state index contributed by atoms with van der Waals surface area (Å²) in [7, 11) is 0. The molecule has 1 aliphatic heterocycles. The third kappa shape index (κ3) is 2.77. The van der Waals surface area contributed by atoms with Crippen LogP contribution in [0.15, 0.2) is 60.7 Å². The van der Waals surface area contributed by atoms with Crippen molar-refractivity contribution >= 4 is 0 Å². The summed E-state index contributed by atoms with van der Waals surface area (Å²) in [4.78, 5) is 0. The molecule has 20 heavy (non-hydrogen) atoms. The van der Waals surface area contributed by atoms with E-state index in [0.29, 0.717) is 0 Å². The van der Waals surface area contributed by atoms with Crippen molar-refractivity contribution in [3.05, 3.63) is 71.8 Å². The molecule has 104 valence electrons. The standard InChI is InChI=1S/C18H21NO/c20-16-12-7-13-19-18(16)17(14-8-3-1-4-9-14)15-10-5-2-6-11-15/h1-6,8-11,16-20H,7,12-13H2/t16-,18+/m0/s1. The maximum Gasteiger partial charge on any atom is 0.0703 e. The van der Waals surface area contributed by atoms with E-state index in [-0.39, 0.29) is 18.1 Å². The molecule has 0 bridgehead atoms. The van der Waals surface area contributed by atoms with Crippen molar-refractivity contribution in [1.82, 2.24) is 5.32 Å². The largest absolute Gasteiger partial charge is 0.391 e. The molecule has 0 unspecified atom stereocenters. The molecule has 1 aliphatic rings.